The molecule has 322 valence electrons. The normalized spacial score (nSPS) is 15.9. The number of hydrogen-bond acceptors (Lipinski definition) is 2. The number of fused-ring (bicyclic) bond motifs is 11. The molecule has 0 aliphatic heterocycles. The summed E-state index contributed by atoms with van der Waals surface area (Å²) in [5.41, 5.74) is 18.8. The Kier molecular flexibility index (Phi) is 10.4. The van der Waals surface area contributed by atoms with Gasteiger partial charge in [-0.05, 0) is 134 Å². The van der Waals surface area contributed by atoms with Gasteiger partial charge < -0.3 is 14.0 Å². The van der Waals surface area contributed by atoms with Crippen molar-refractivity contribution in [1.29, 1.82) is 0 Å². The number of hydrogen-bond donors (Lipinski definition) is 0. The van der Waals surface area contributed by atoms with Gasteiger partial charge in [-0.3, -0.25) is 0 Å². The highest BCUT2D eigenvalue weighted by atomic mass is 32.1. The summed E-state index contributed by atoms with van der Waals surface area (Å²) in [5, 5.41) is 6.63. The maximum atomic E-state index is 2.63. The second-order valence-corrected chi connectivity index (χ2v) is 18.9. The van der Waals surface area contributed by atoms with Crippen LogP contribution in [0.1, 0.15) is 96.0 Å². The first-order chi connectivity index (χ1) is 32.0. The Morgan fingerprint density at radius 1 is 0.538 bits per heavy atom. The molecule has 13 rings (SSSR count). The summed E-state index contributed by atoms with van der Waals surface area (Å²) in [6.07, 6.45) is 20.6. The number of thiophene rings is 1. The van der Waals surface area contributed by atoms with Gasteiger partial charge >= 0.3 is 0 Å². The fourth-order valence-corrected chi connectivity index (χ4v) is 12.5. The average Bonchev–Trinajstić information content (AvgIpc) is 4.07. The third-order valence-electron chi connectivity index (χ3n) is 14.2. The van der Waals surface area contributed by atoms with Gasteiger partial charge in [0.05, 0.1) is 16.6 Å². The van der Waals surface area contributed by atoms with E-state index in [4.69, 9.17) is 0 Å². The minimum atomic E-state index is -0.0135. The van der Waals surface area contributed by atoms with E-state index in [1.165, 1.54) is 109 Å². The van der Waals surface area contributed by atoms with Gasteiger partial charge in [0, 0.05) is 81.5 Å². The van der Waals surface area contributed by atoms with Crippen LogP contribution in [-0.2, 0) is 11.8 Å². The molecule has 0 spiro atoms. The van der Waals surface area contributed by atoms with Crippen molar-refractivity contribution >= 4 is 92.9 Å². The molecular weight excluding hydrogens is 807 g/mol. The fourth-order valence-electron chi connectivity index (χ4n) is 11.3. The van der Waals surface area contributed by atoms with Crippen LogP contribution in [0.15, 0.2) is 169 Å². The SMILES string of the molecule is CC.CC.CC1(C)C2=C(C=CCC2)c2ccc(N(C3=CC=C(n4c5c(c6cc7sc8ccccc8c7cc64)C=CCC5)CC3)c3ccc4c(c3)c3ccccc3n4-c3ccccc3)cc21. The number of para-hydroxylation sites is 2. The molecule has 3 aromatic heterocycles. The Hall–Kier alpha value is -6.62. The third kappa shape index (κ3) is 6.43. The Balaban J connectivity index is 0.00000114. The van der Waals surface area contributed by atoms with Gasteiger partial charge in [0.2, 0.25) is 0 Å². The van der Waals surface area contributed by atoms with Crippen LogP contribution in [0.25, 0.3) is 75.9 Å². The smallest absolute Gasteiger partial charge is 0.0542 e. The second-order valence-electron chi connectivity index (χ2n) is 17.8. The van der Waals surface area contributed by atoms with Crippen molar-refractivity contribution in [2.45, 2.75) is 85.5 Å². The molecule has 4 heteroatoms. The van der Waals surface area contributed by atoms with Crippen LogP contribution in [0.4, 0.5) is 11.4 Å². The summed E-state index contributed by atoms with van der Waals surface area (Å²) in [6, 6.07) is 47.9. The summed E-state index contributed by atoms with van der Waals surface area (Å²) in [7, 11) is 0. The number of anilines is 2. The fraction of sp³-hybridized carbons (Fsp3) is 0.213. The highest BCUT2D eigenvalue weighted by molar-refractivity contribution is 7.25. The molecule has 0 saturated heterocycles. The summed E-state index contributed by atoms with van der Waals surface area (Å²) >= 11 is 1.91. The Labute approximate surface area is 387 Å². The lowest BCUT2D eigenvalue weighted by molar-refractivity contribution is 0.607. The van der Waals surface area contributed by atoms with E-state index in [0.717, 1.165) is 38.5 Å². The quantitative estimate of drug-likeness (QED) is 0.168. The van der Waals surface area contributed by atoms with Crippen LogP contribution in [-0.4, -0.2) is 9.13 Å². The maximum Gasteiger partial charge on any atom is 0.0542 e. The molecule has 4 aliphatic carbocycles. The van der Waals surface area contributed by atoms with Crippen LogP contribution in [0.5, 0.6) is 0 Å². The molecule has 0 unspecified atom stereocenters. The van der Waals surface area contributed by atoms with Crippen molar-refractivity contribution < 1.29 is 0 Å². The minimum absolute atomic E-state index is 0.0135. The summed E-state index contributed by atoms with van der Waals surface area (Å²) in [5.74, 6) is 0. The standard InChI is InChI=1S/C57H45N3S.2C2H6/c1-57(2)49-20-10-6-16-41(49)42-30-28-40(33-50(42)57)58(39-29-31-53-46(32-39)43-17-7-11-21-51(43)59(53)36-14-4-3-5-15-36)37-24-26-38(27-25-37)60-52-22-12-8-18-44(52)47-35-56-48(34-54(47)60)45-19-9-13-23-55(45)61-56;2*1-2/h3-9,11,13-19,21,23-24,26,28-35H,10,12,20,22,25,27H2,1-2H3;2*1-2H3. The Morgan fingerprint density at radius 2 is 1.26 bits per heavy atom. The van der Waals surface area contributed by atoms with Crippen molar-refractivity contribution in [2.75, 3.05) is 4.90 Å². The topological polar surface area (TPSA) is 13.1 Å². The van der Waals surface area contributed by atoms with E-state index in [-0.39, 0.29) is 5.41 Å². The zero-order valence-corrected chi connectivity index (χ0v) is 39.4. The molecule has 0 atom stereocenters. The molecule has 4 aliphatic rings. The van der Waals surface area contributed by atoms with E-state index in [0.29, 0.717) is 0 Å². The zero-order chi connectivity index (χ0) is 44.4. The molecule has 65 heavy (non-hydrogen) atoms. The van der Waals surface area contributed by atoms with Crippen molar-refractivity contribution in [3.8, 4) is 5.69 Å². The van der Waals surface area contributed by atoms with Crippen LogP contribution >= 0.6 is 11.3 Å². The monoisotopic (exact) mass is 863 g/mol. The van der Waals surface area contributed by atoms with Gasteiger partial charge in [-0.1, -0.05) is 132 Å². The number of rotatable bonds is 5. The second kappa shape index (κ2) is 16.4. The van der Waals surface area contributed by atoms with E-state index in [9.17, 15) is 0 Å². The average molecular weight is 864 g/mol. The van der Waals surface area contributed by atoms with Gasteiger partial charge in [0.15, 0.2) is 0 Å². The molecule has 0 radical (unpaired) electrons. The molecule has 3 nitrogen and oxygen atoms in total. The summed E-state index contributed by atoms with van der Waals surface area (Å²) in [6.45, 7) is 12.9. The molecule has 0 N–H and O–H groups in total. The first kappa shape index (κ1) is 41.1. The lowest BCUT2D eigenvalue weighted by Crippen LogP contribution is -2.21. The molecule has 0 amide bonds. The van der Waals surface area contributed by atoms with Crippen LogP contribution in [0.2, 0.25) is 0 Å². The molecular formula is C61H57N3S. The van der Waals surface area contributed by atoms with Crippen LogP contribution in [0, 0.1) is 0 Å². The summed E-state index contributed by atoms with van der Waals surface area (Å²) < 4.78 is 7.77. The van der Waals surface area contributed by atoms with E-state index in [1.807, 2.05) is 39.0 Å². The van der Waals surface area contributed by atoms with Crippen LogP contribution in [0.3, 0.4) is 0 Å². The summed E-state index contributed by atoms with van der Waals surface area (Å²) in [4.78, 5) is 2.57. The Morgan fingerprint density at radius 3 is 2.09 bits per heavy atom. The zero-order valence-electron chi connectivity index (χ0n) is 38.6. The predicted molar refractivity (Wildman–Crippen MR) is 284 cm³/mol. The van der Waals surface area contributed by atoms with Crippen molar-refractivity contribution in [1.82, 2.24) is 9.13 Å². The lowest BCUT2D eigenvalue weighted by atomic mass is 9.78. The predicted octanol–water partition coefficient (Wildman–Crippen LogP) is 17.9. The number of allylic oxidation sites excluding steroid dienone is 9. The first-order valence-corrected chi connectivity index (χ1v) is 24.8. The largest absolute Gasteiger partial charge is 0.317 e. The highest BCUT2D eigenvalue weighted by Crippen LogP contribution is 2.52. The number of nitrogens with zero attached hydrogens (tertiary/aromatic N) is 3. The van der Waals surface area contributed by atoms with Gasteiger partial charge in [0.25, 0.3) is 0 Å². The van der Waals surface area contributed by atoms with Crippen molar-refractivity contribution in [3.63, 3.8) is 0 Å². The van der Waals surface area contributed by atoms with Gasteiger partial charge in [-0.2, -0.15) is 0 Å². The molecule has 3 heterocycles. The van der Waals surface area contributed by atoms with E-state index >= 15 is 0 Å². The van der Waals surface area contributed by atoms with E-state index < -0.39 is 0 Å². The van der Waals surface area contributed by atoms with Crippen molar-refractivity contribution in [3.05, 3.63) is 191 Å². The third-order valence-corrected chi connectivity index (χ3v) is 15.3. The minimum Gasteiger partial charge on any atom is -0.317 e. The van der Waals surface area contributed by atoms with Gasteiger partial charge in [-0.25, -0.2) is 0 Å². The molecule has 6 aromatic carbocycles. The number of benzene rings is 6. The molecule has 9 aromatic rings. The van der Waals surface area contributed by atoms with Crippen molar-refractivity contribution in [2.24, 2.45) is 0 Å². The molecule has 0 fully saturated rings. The van der Waals surface area contributed by atoms with Gasteiger partial charge in [0.1, 0.15) is 0 Å². The number of aromatic nitrogens is 2. The first-order valence-electron chi connectivity index (χ1n) is 24.0. The lowest BCUT2D eigenvalue weighted by Gasteiger charge is -2.32. The maximum absolute atomic E-state index is 2.63. The van der Waals surface area contributed by atoms with E-state index in [2.05, 4.69) is 192 Å². The molecule has 0 bridgehead atoms. The Bertz CT molecular complexity index is 3500. The van der Waals surface area contributed by atoms with E-state index in [1.54, 1.807) is 5.57 Å². The van der Waals surface area contributed by atoms with Crippen LogP contribution < -0.4 is 4.90 Å². The van der Waals surface area contributed by atoms with Gasteiger partial charge in [-0.15, -0.1) is 11.3 Å². The highest BCUT2D eigenvalue weighted by Gasteiger charge is 2.38. The molecule has 0 saturated carbocycles.